The Labute approximate surface area is 113 Å². The van der Waals surface area contributed by atoms with Gasteiger partial charge < -0.3 is 4.57 Å². The standard InChI is InChI=1S/C14H12N4O2/c1-18-10(8-7-9-5-3-2-4-6-9)15-12-11(18)13(19)17-14(20)16-12/h2-8H,1H3,(H2,16,17,19,20)/b8-7+. The highest BCUT2D eigenvalue weighted by molar-refractivity contribution is 5.75. The van der Waals surface area contributed by atoms with Gasteiger partial charge in [0, 0.05) is 7.05 Å². The first-order valence-corrected chi connectivity index (χ1v) is 6.07. The molecule has 3 rings (SSSR count). The molecule has 0 unspecified atom stereocenters. The number of benzene rings is 1. The second kappa shape index (κ2) is 4.65. The van der Waals surface area contributed by atoms with Crippen LogP contribution >= 0.6 is 0 Å². The van der Waals surface area contributed by atoms with Gasteiger partial charge in [-0.3, -0.25) is 14.8 Å². The molecule has 3 aromatic rings. The largest absolute Gasteiger partial charge is 0.327 e. The molecule has 0 saturated carbocycles. The SMILES string of the molecule is Cn1c(/C=C/c2ccccc2)nc2[nH]c(=O)[nH]c(=O)c21. The van der Waals surface area contributed by atoms with Crippen LogP contribution < -0.4 is 11.2 Å². The first-order valence-electron chi connectivity index (χ1n) is 6.07. The average molecular weight is 268 g/mol. The maximum atomic E-state index is 11.7. The van der Waals surface area contributed by atoms with E-state index < -0.39 is 11.2 Å². The zero-order chi connectivity index (χ0) is 14.1. The van der Waals surface area contributed by atoms with Crippen LogP contribution in [-0.4, -0.2) is 19.5 Å². The van der Waals surface area contributed by atoms with Crippen molar-refractivity contribution in [1.29, 1.82) is 0 Å². The molecular formula is C14H12N4O2. The summed E-state index contributed by atoms with van der Waals surface area (Å²) < 4.78 is 1.64. The lowest BCUT2D eigenvalue weighted by Gasteiger charge is -1.95. The van der Waals surface area contributed by atoms with E-state index in [-0.39, 0.29) is 5.65 Å². The van der Waals surface area contributed by atoms with Gasteiger partial charge in [0.05, 0.1) is 0 Å². The van der Waals surface area contributed by atoms with Gasteiger partial charge >= 0.3 is 5.69 Å². The highest BCUT2D eigenvalue weighted by atomic mass is 16.2. The fraction of sp³-hybridized carbons (Fsp3) is 0.0714. The van der Waals surface area contributed by atoms with Crippen molar-refractivity contribution in [1.82, 2.24) is 19.5 Å². The molecule has 0 atom stereocenters. The van der Waals surface area contributed by atoms with Gasteiger partial charge in [-0.1, -0.05) is 36.4 Å². The minimum atomic E-state index is -0.556. The van der Waals surface area contributed by atoms with E-state index in [1.807, 2.05) is 36.4 Å². The van der Waals surface area contributed by atoms with Crippen molar-refractivity contribution in [3.8, 4) is 0 Å². The Bertz CT molecular complexity index is 900. The van der Waals surface area contributed by atoms with E-state index in [9.17, 15) is 9.59 Å². The van der Waals surface area contributed by atoms with Gasteiger partial charge in [0.15, 0.2) is 11.2 Å². The van der Waals surface area contributed by atoms with Gasteiger partial charge in [-0.15, -0.1) is 0 Å². The number of fused-ring (bicyclic) bond motifs is 1. The number of hydrogen-bond acceptors (Lipinski definition) is 3. The lowest BCUT2D eigenvalue weighted by molar-refractivity contribution is 0.920. The molecule has 2 heterocycles. The smallest absolute Gasteiger partial charge is 0.322 e. The van der Waals surface area contributed by atoms with E-state index in [2.05, 4.69) is 15.0 Å². The van der Waals surface area contributed by atoms with E-state index >= 15 is 0 Å². The molecule has 2 aromatic heterocycles. The molecule has 0 bridgehead atoms. The average Bonchev–Trinajstić information content (AvgIpc) is 2.74. The molecule has 0 spiro atoms. The summed E-state index contributed by atoms with van der Waals surface area (Å²) in [6.45, 7) is 0. The fourth-order valence-corrected chi connectivity index (χ4v) is 2.05. The highest BCUT2D eigenvalue weighted by Gasteiger charge is 2.09. The molecule has 0 fully saturated rings. The maximum absolute atomic E-state index is 11.7. The number of aromatic amines is 2. The predicted octanol–water partition coefficient (Wildman–Crippen LogP) is 1.12. The normalized spacial score (nSPS) is 11.4. The van der Waals surface area contributed by atoms with Gasteiger partial charge in [0.1, 0.15) is 5.82 Å². The lowest BCUT2D eigenvalue weighted by atomic mass is 10.2. The highest BCUT2D eigenvalue weighted by Crippen LogP contribution is 2.10. The van der Waals surface area contributed by atoms with Crippen molar-refractivity contribution < 1.29 is 0 Å². The minimum Gasteiger partial charge on any atom is -0.322 e. The van der Waals surface area contributed by atoms with Crippen LogP contribution in [0.4, 0.5) is 0 Å². The Hall–Kier alpha value is -2.89. The summed E-state index contributed by atoms with van der Waals surface area (Å²) in [5, 5.41) is 0. The number of aryl methyl sites for hydroxylation is 1. The van der Waals surface area contributed by atoms with Gasteiger partial charge in [-0.2, -0.15) is 0 Å². The summed E-state index contributed by atoms with van der Waals surface area (Å²) in [5.74, 6) is 0.594. The predicted molar refractivity (Wildman–Crippen MR) is 77.3 cm³/mol. The van der Waals surface area contributed by atoms with Gasteiger partial charge in [-0.05, 0) is 11.6 Å². The molecular weight excluding hydrogens is 256 g/mol. The molecule has 6 nitrogen and oxygen atoms in total. The molecule has 100 valence electrons. The zero-order valence-corrected chi connectivity index (χ0v) is 10.8. The van der Waals surface area contributed by atoms with Crippen molar-refractivity contribution in [2.24, 2.45) is 7.05 Å². The quantitative estimate of drug-likeness (QED) is 0.730. The monoisotopic (exact) mass is 268 g/mol. The Morgan fingerprint density at radius 3 is 2.60 bits per heavy atom. The van der Waals surface area contributed by atoms with Crippen LogP contribution in [0.3, 0.4) is 0 Å². The Kier molecular flexibility index (Phi) is 2.83. The molecule has 0 aliphatic carbocycles. The summed E-state index contributed by atoms with van der Waals surface area (Å²) in [6.07, 6.45) is 3.70. The molecule has 0 saturated heterocycles. The van der Waals surface area contributed by atoms with Gasteiger partial charge in [0.2, 0.25) is 0 Å². The molecule has 0 aliphatic rings. The van der Waals surface area contributed by atoms with Crippen molar-refractivity contribution in [2.45, 2.75) is 0 Å². The van der Waals surface area contributed by atoms with Crippen molar-refractivity contribution >= 4 is 23.3 Å². The van der Waals surface area contributed by atoms with E-state index in [1.54, 1.807) is 17.7 Å². The molecule has 2 N–H and O–H groups in total. The molecule has 0 amide bonds. The third kappa shape index (κ3) is 2.07. The third-order valence-electron chi connectivity index (χ3n) is 3.03. The van der Waals surface area contributed by atoms with Crippen LogP contribution in [0, 0.1) is 0 Å². The first kappa shape index (κ1) is 12.2. The molecule has 1 aromatic carbocycles. The number of aromatic nitrogens is 4. The van der Waals surface area contributed by atoms with Crippen LogP contribution in [0.5, 0.6) is 0 Å². The van der Waals surface area contributed by atoms with Crippen LogP contribution in [0.25, 0.3) is 23.3 Å². The van der Waals surface area contributed by atoms with Gasteiger partial charge in [-0.25, -0.2) is 9.78 Å². The van der Waals surface area contributed by atoms with Crippen molar-refractivity contribution in [2.75, 3.05) is 0 Å². The lowest BCUT2D eigenvalue weighted by Crippen LogP contribution is -2.22. The molecule has 6 heteroatoms. The second-order valence-corrected chi connectivity index (χ2v) is 4.38. The molecule has 0 radical (unpaired) electrons. The minimum absolute atomic E-state index is 0.286. The van der Waals surface area contributed by atoms with Crippen LogP contribution in [-0.2, 0) is 7.05 Å². The number of imidazole rings is 1. The third-order valence-corrected chi connectivity index (χ3v) is 3.03. The van der Waals surface area contributed by atoms with Crippen molar-refractivity contribution in [3.63, 3.8) is 0 Å². The number of nitrogens with one attached hydrogen (secondary N) is 2. The van der Waals surface area contributed by atoms with Crippen LogP contribution in [0.15, 0.2) is 39.9 Å². The molecule has 0 aliphatic heterocycles. The second-order valence-electron chi connectivity index (χ2n) is 4.38. The number of rotatable bonds is 2. The Morgan fingerprint density at radius 1 is 1.10 bits per heavy atom. The number of H-pyrrole nitrogens is 2. The molecule has 20 heavy (non-hydrogen) atoms. The summed E-state index contributed by atoms with van der Waals surface area (Å²) in [6, 6.07) is 9.76. The fourth-order valence-electron chi connectivity index (χ4n) is 2.05. The summed E-state index contributed by atoms with van der Waals surface area (Å²) >= 11 is 0. The zero-order valence-electron chi connectivity index (χ0n) is 10.8. The van der Waals surface area contributed by atoms with Crippen molar-refractivity contribution in [3.05, 3.63) is 62.6 Å². The summed E-state index contributed by atoms with van der Waals surface area (Å²) in [7, 11) is 1.73. The summed E-state index contributed by atoms with van der Waals surface area (Å²) in [5.41, 5.74) is 0.658. The van der Waals surface area contributed by atoms with Crippen LogP contribution in [0.2, 0.25) is 0 Å². The topological polar surface area (TPSA) is 83.5 Å². The summed E-state index contributed by atoms with van der Waals surface area (Å²) in [4.78, 5) is 31.9. The Morgan fingerprint density at radius 2 is 1.85 bits per heavy atom. The van der Waals surface area contributed by atoms with E-state index in [4.69, 9.17) is 0 Å². The number of hydrogen-bond donors (Lipinski definition) is 2. The Balaban J connectivity index is 2.12. The first-order chi connectivity index (χ1) is 9.65. The van der Waals surface area contributed by atoms with Gasteiger partial charge in [0.25, 0.3) is 5.56 Å². The van der Waals surface area contributed by atoms with E-state index in [0.717, 1.165) is 5.56 Å². The maximum Gasteiger partial charge on any atom is 0.327 e. The van der Waals surface area contributed by atoms with Crippen LogP contribution in [0.1, 0.15) is 11.4 Å². The van der Waals surface area contributed by atoms with E-state index in [0.29, 0.717) is 11.3 Å². The van der Waals surface area contributed by atoms with E-state index in [1.165, 1.54) is 0 Å². The number of nitrogens with zero attached hydrogens (tertiary/aromatic N) is 2.